The maximum absolute atomic E-state index is 10.8. The number of aryl methyl sites for hydroxylation is 1. The second kappa shape index (κ2) is 5.05. The van der Waals surface area contributed by atoms with Gasteiger partial charge in [-0.15, -0.1) is 0 Å². The van der Waals surface area contributed by atoms with E-state index in [0.717, 1.165) is 28.3 Å². The Balaban J connectivity index is 0.000000574. The number of carbonyl (C=O) groups excluding carboxylic acids is 1. The fourth-order valence-corrected chi connectivity index (χ4v) is 2.10. The number of H-pyrrole nitrogens is 1. The highest BCUT2D eigenvalue weighted by atomic mass is 16.1. The van der Waals surface area contributed by atoms with Crippen molar-refractivity contribution >= 4 is 28.1 Å². The van der Waals surface area contributed by atoms with Crippen molar-refractivity contribution in [2.75, 3.05) is 0 Å². The van der Waals surface area contributed by atoms with E-state index in [0.29, 0.717) is 0 Å². The van der Waals surface area contributed by atoms with Crippen LogP contribution < -0.4 is 0 Å². The number of rotatable bonds is 1. The van der Waals surface area contributed by atoms with Crippen LogP contribution in [0.5, 0.6) is 0 Å². The van der Waals surface area contributed by atoms with E-state index < -0.39 is 0 Å². The minimum absolute atomic E-state index is 0.718. The molecular weight excluding hydrogens is 222 g/mol. The summed E-state index contributed by atoms with van der Waals surface area (Å²) in [6.45, 7) is 6.07. The number of hydrogen-bond acceptors (Lipinski definition) is 1. The van der Waals surface area contributed by atoms with Crippen molar-refractivity contribution in [3.05, 3.63) is 47.5 Å². The van der Waals surface area contributed by atoms with E-state index in [-0.39, 0.29) is 0 Å². The first-order chi connectivity index (χ1) is 8.78. The fourth-order valence-electron chi connectivity index (χ4n) is 2.10. The molecule has 0 aliphatic rings. The molecule has 0 saturated carbocycles. The van der Waals surface area contributed by atoms with Gasteiger partial charge in [-0.2, -0.15) is 0 Å². The second-order valence-electron chi connectivity index (χ2n) is 4.10. The third-order valence-electron chi connectivity index (χ3n) is 2.91. The molecule has 92 valence electrons. The number of carbonyl (C=O) groups is 1. The lowest BCUT2D eigenvalue weighted by molar-refractivity contribution is 0.112. The zero-order chi connectivity index (χ0) is 13.1. The van der Waals surface area contributed by atoms with E-state index in [9.17, 15) is 4.79 Å². The SMILES string of the molecule is CC.Cc1ccc2[nH]c3ccc(C=O)cc3c2c1. The fraction of sp³-hybridized carbons (Fsp3) is 0.188. The quantitative estimate of drug-likeness (QED) is 0.624. The molecule has 18 heavy (non-hydrogen) atoms. The smallest absolute Gasteiger partial charge is 0.150 e. The molecule has 0 fully saturated rings. The molecule has 0 unspecified atom stereocenters. The highest BCUT2D eigenvalue weighted by molar-refractivity contribution is 6.08. The minimum Gasteiger partial charge on any atom is -0.355 e. The number of hydrogen-bond donors (Lipinski definition) is 1. The van der Waals surface area contributed by atoms with Gasteiger partial charge in [0.05, 0.1) is 0 Å². The van der Waals surface area contributed by atoms with Gasteiger partial charge in [-0.05, 0) is 37.3 Å². The molecule has 0 atom stereocenters. The number of aldehydes is 1. The molecule has 0 spiro atoms. The van der Waals surface area contributed by atoms with Crippen LogP contribution in [-0.4, -0.2) is 11.3 Å². The number of aromatic nitrogens is 1. The van der Waals surface area contributed by atoms with Crippen LogP contribution in [0.3, 0.4) is 0 Å². The molecule has 0 aliphatic carbocycles. The number of benzene rings is 2. The number of nitrogens with one attached hydrogen (secondary N) is 1. The third-order valence-corrected chi connectivity index (χ3v) is 2.91. The van der Waals surface area contributed by atoms with Crippen molar-refractivity contribution in [1.29, 1.82) is 0 Å². The molecule has 0 radical (unpaired) electrons. The normalized spacial score (nSPS) is 10.2. The summed E-state index contributed by atoms with van der Waals surface area (Å²) >= 11 is 0. The molecule has 1 heterocycles. The van der Waals surface area contributed by atoms with Crippen molar-refractivity contribution in [3.63, 3.8) is 0 Å². The maximum Gasteiger partial charge on any atom is 0.150 e. The molecule has 0 saturated heterocycles. The van der Waals surface area contributed by atoms with Crippen LogP contribution >= 0.6 is 0 Å². The Kier molecular flexibility index (Phi) is 3.47. The summed E-state index contributed by atoms with van der Waals surface area (Å²) in [4.78, 5) is 14.1. The van der Waals surface area contributed by atoms with Gasteiger partial charge in [0.25, 0.3) is 0 Å². The van der Waals surface area contributed by atoms with Crippen LogP contribution in [0.15, 0.2) is 36.4 Å². The summed E-state index contributed by atoms with van der Waals surface area (Å²) in [5.74, 6) is 0. The standard InChI is InChI=1S/C14H11NO.C2H6/c1-9-2-4-13-11(6-9)12-7-10(8-16)3-5-14(12)15-13;1-2/h2-8,15H,1H3;1-2H3. The van der Waals surface area contributed by atoms with Gasteiger partial charge in [-0.3, -0.25) is 4.79 Å². The first-order valence-electron chi connectivity index (χ1n) is 6.25. The minimum atomic E-state index is 0.718. The summed E-state index contributed by atoms with van der Waals surface area (Å²) in [5.41, 5.74) is 4.13. The molecule has 1 aromatic heterocycles. The summed E-state index contributed by atoms with van der Waals surface area (Å²) in [6.07, 6.45) is 0.883. The first-order valence-corrected chi connectivity index (χ1v) is 6.25. The van der Waals surface area contributed by atoms with Crippen molar-refractivity contribution in [2.24, 2.45) is 0 Å². The molecule has 0 amide bonds. The lowest BCUT2D eigenvalue weighted by Gasteiger charge is -1.94. The zero-order valence-electron chi connectivity index (χ0n) is 10.9. The van der Waals surface area contributed by atoms with E-state index in [4.69, 9.17) is 0 Å². The van der Waals surface area contributed by atoms with Crippen molar-refractivity contribution < 1.29 is 4.79 Å². The van der Waals surface area contributed by atoms with Crippen molar-refractivity contribution in [2.45, 2.75) is 20.8 Å². The Morgan fingerprint density at radius 3 is 2.22 bits per heavy atom. The van der Waals surface area contributed by atoms with Gasteiger partial charge < -0.3 is 4.98 Å². The lowest BCUT2D eigenvalue weighted by atomic mass is 10.1. The number of aromatic amines is 1. The summed E-state index contributed by atoms with van der Waals surface area (Å²) in [6, 6.07) is 12.0. The van der Waals surface area contributed by atoms with Gasteiger partial charge in [0.1, 0.15) is 6.29 Å². The molecule has 2 heteroatoms. The van der Waals surface area contributed by atoms with Crippen LogP contribution in [0.2, 0.25) is 0 Å². The van der Waals surface area contributed by atoms with E-state index >= 15 is 0 Å². The average Bonchev–Trinajstić information content (AvgIpc) is 2.78. The van der Waals surface area contributed by atoms with Crippen LogP contribution in [0.4, 0.5) is 0 Å². The highest BCUT2D eigenvalue weighted by Gasteiger charge is 2.04. The van der Waals surface area contributed by atoms with E-state index in [2.05, 4.69) is 30.1 Å². The second-order valence-corrected chi connectivity index (χ2v) is 4.10. The summed E-state index contributed by atoms with van der Waals surface area (Å²) in [5, 5.41) is 2.29. The average molecular weight is 239 g/mol. The predicted molar refractivity (Wildman–Crippen MR) is 77.3 cm³/mol. The largest absolute Gasteiger partial charge is 0.355 e. The summed E-state index contributed by atoms with van der Waals surface area (Å²) < 4.78 is 0. The number of fused-ring (bicyclic) bond motifs is 3. The molecular formula is C16H17NO. The first kappa shape index (κ1) is 12.4. The molecule has 3 rings (SSSR count). The Morgan fingerprint density at radius 2 is 1.56 bits per heavy atom. The van der Waals surface area contributed by atoms with Gasteiger partial charge >= 0.3 is 0 Å². The van der Waals surface area contributed by atoms with E-state index in [1.807, 2.05) is 32.0 Å². The van der Waals surface area contributed by atoms with Crippen molar-refractivity contribution in [3.8, 4) is 0 Å². The molecule has 0 aliphatic heterocycles. The van der Waals surface area contributed by atoms with Gasteiger partial charge in [-0.1, -0.05) is 25.5 Å². The maximum atomic E-state index is 10.8. The molecule has 2 aromatic carbocycles. The Hall–Kier alpha value is -2.09. The van der Waals surface area contributed by atoms with Gasteiger partial charge in [-0.25, -0.2) is 0 Å². The topological polar surface area (TPSA) is 32.9 Å². The van der Waals surface area contributed by atoms with Gasteiger partial charge in [0.2, 0.25) is 0 Å². The van der Waals surface area contributed by atoms with Crippen LogP contribution in [0, 0.1) is 6.92 Å². The molecule has 1 N–H and O–H groups in total. The Morgan fingerprint density at radius 1 is 0.944 bits per heavy atom. The molecule has 3 aromatic rings. The van der Waals surface area contributed by atoms with Crippen LogP contribution in [0.1, 0.15) is 29.8 Å². The zero-order valence-corrected chi connectivity index (χ0v) is 10.9. The van der Waals surface area contributed by atoms with Crippen LogP contribution in [-0.2, 0) is 0 Å². The third kappa shape index (κ3) is 2.02. The van der Waals surface area contributed by atoms with Crippen LogP contribution in [0.25, 0.3) is 21.8 Å². The molecule has 2 nitrogen and oxygen atoms in total. The van der Waals surface area contributed by atoms with Crippen molar-refractivity contribution in [1.82, 2.24) is 4.98 Å². The van der Waals surface area contributed by atoms with E-state index in [1.165, 1.54) is 10.9 Å². The highest BCUT2D eigenvalue weighted by Crippen LogP contribution is 2.26. The predicted octanol–water partition coefficient (Wildman–Crippen LogP) is 4.47. The van der Waals surface area contributed by atoms with E-state index in [1.54, 1.807) is 0 Å². The van der Waals surface area contributed by atoms with Gasteiger partial charge in [0.15, 0.2) is 0 Å². The lowest BCUT2D eigenvalue weighted by Crippen LogP contribution is -1.77. The monoisotopic (exact) mass is 239 g/mol. The molecule has 0 bridgehead atoms. The van der Waals surface area contributed by atoms with Gasteiger partial charge in [0, 0.05) is 27.4 Å². The Bertz CT molecular complexity index is 695. The summed E-state index contributed by atoms with van der Waals surface area (Å²) in [7, 11) is 0. The Labute approximate surface area is 107 Å².